The first-order chi connectivity index (χ1) is 7.38. The van der Waals surface area contributed by atoms with Crippen molar-refractivity contribution >= 4 is 0 Å². The third-order valence-corrected chi connectivity index (χ3v) is 3.35. The molecule has 0 aromatic heterocycles. The van der Waals surface area contributed by atoms with Crippen molar-refractivity contribution in [2.75, 3.05) is 7.05 Å². The molecule has 1 rings (SSSR count). The fraction of sp³-hybridized carbons (Fsp3) is 0.467. The first-order valence-electron chi connectivity index (χ1n) is 5.62. The molecule has 0 saturated carbocycles. The normalized spacial score (nSPS) is 11.6. The Morgan fingerprint density at radius 2 is 1.75 bits per heavy atom. The number of aryl methyl sites for hydroxylation is 2. The average molecular weight is 215 g/mol. The van der Waals surface area contributed by atoms with Crippen LogP contribution in [0.3, 0.4) is 0 Å². The molecule has 0 amide bonds. The summed E-state index contributed by atoms with van der Waals surface area (Å²) in [5, 5.41) is 0. The van der Waals surface area contributed by atoms with E-state index < -0.39 is 0 Å². The zero-order chi connectivity index (χ0) is 12.3. The molecule has 0 radical (unpaired) electrons. The lowest BCUT2D eigenvalue weighted by Gasteiger charge is -2.31. The van der Waals surface area contributed by atoms with Crippen LogP contribution in [0.1, 0.15) is 30.5 Å². The minimum absolute atomic E-state index is 0.200. The summed E-state index contributed by atoms with van der Waals surface area (Å²) in [6.07, 6.45) is 5.55. The van der Waals surface area contributed by atoms with E-state index in [1.54, 1.807) is 0 Å². The summed E-state index contributed by atoms with van der Waals surface area (Å²) in [6, 6.07) is 6.40. The number of hydrogen-bond acceptors (Lipinski definition) is 1. The Balaban J connectivity index is 2.94. The van der Waals surface area contributed by atoms with Crippen LogP contribution < -0.4 is 0 Å². The van der Waals surface area contributed by atoms with Gasteiger partial charge in [-0.1, -0.05) is 24.1 Å². The van der Waals surface area contributed by atoms with E-state index in [0.29, 0.717) is 0 Å². The molecule has 0 heterocycles. The highest BCUT2D eigenvalue weighted by Gasteiger charge is 2.21. The predicted molar refractivity (Wildman–Crippen MR) is 70.3 cm³/mol. The molecule has 1 aromatic rings. The minimum atomic E-state index is -0.200. The maximum absolute atomic E-state index is 5.55. The van der Waals surface area contributed by atoms with Crippen LogP contribution in [0.4, 0.5) is 0 Å². The standard InChI is InChI=1S/C15H21N/c1-7-15(4,5)16(6)11-14-12(2)9-8-10-13(14)3/h1,8-10H,11H2,2-6H3. The lowest BCUT2D eigenvalue weighted by molar-refractivity contribution is 0.204. The van der Waals surface area contributed by atoms with Crippen LogP contribution in [-0.4, -0.2) is 17.5 Å². The summed E-state index contributed by atoms with van der Waals surface area (Å²) in [5.74, 6) is 2.83. The molecule has 0 N–H and O–H groups in total. The number of nitrogens with zero attached hydrogens (tertiary/aromatic N) is 1. The van der Waals surface area contributed by atoms with E-state index in [2.05, 4.69) is 63.8 Å². The van der Waals surface area contributed by atoms with Crippen LogP contribution in [0.15, 0.2) is 18.2 Å². The molecule has 0 aliphatic rings. The molecule has 1 aromatic carbocycles. The van der Waals surface area contributed by atoms with Crippen molar-refractivity contribution in [3.05, 3.63) is 34.9 Å². The fourth-order valence-electron chi connectivity index (χ4n) is 1.64. The van der Waals surface area contributed by atoms with Gasteiger partial charge in [-0.25, -0.2) is 0 Å². The van der Waals surface area contributed by atoms with E-state index in [-0.39, 0.29) is 5.54 Å². The Morgan fingerprint density at radius 1 is 1.25 bits per heavy atom. The van der Waals surface area contributed by atoms with E-state index in [0.717, 1.165) is 6.54 Å². The van der Waals surface area contributed by atoms with E-state index in [1.165, 1.54) is 16.7 Å². The van der Waals surface area contributed by atoms with Gasteiger partial charge in [0, 0.05) is 6.54 Å². The van der Waals surface area contributed by atoms with E-state index in [1.807, 2.05) is 0 Å². The van der Waals surface area contributed by atoms with Crippen LogP contribution >= 0.6 is 0 Å². The van der Waals surface area contributed by atoms with E-state index in [4.69, 9.17) is 6.42 Å². The first kappa shape index (κ1) is 12.8. The van der Waals surface area contributed by atoms with Gasteiger partial charge in [0.15, 0.2) is 0 Å². The zero-order valence-electron chi connectivity index (χ0n) is 11.0. The van der Waals surface area contributed by atoms with Crippen LogP contribution in [0, 0.1) is 26.2 Å². The molecule has 1 nitrogen and oxygen atoms in total. The highest BCUT2D eigenvalue weighted by atomic mass is 15.2. The van der Waals surface area contributed by atoms with Crippen LogP contribution in [0.2, 0.25) is 0 Å². The molecule has 0 aliphatic heterocycles. The van der Waals surface area contributed by atoms with E-state index in [9.17, 15) is 0 Å². The van der Waals surface area contributed by atoms with Gasteiger partial charge in [-0.3, -0.25) is 4.90 Å². The van der Waals surface area contributed by atoms with Gasteiger partial charge in [-0.15, -0.1) is 6.42 Å². The SMILES string of the molecule is C#CC(C)(C)N(C)Cc1c(C)cccc1C. The molecule has 0 saturated heterocycles. The van der Waals surface area contributed by atoms with Crippen LogP contribution in [0.5, 0.6) is 0 Å². The smallest absolute Gasteiger partial charge is 0.0766 e. The summed E-state index contributed by atoms with van der Waals surface area (Å²) < 4.78 is 0. The Hall–Kier alpha value is -1.26. The molecule has 0 spiro atoms. The van der Waals surface area contributed by atoms with Gasteiger partial charge in [-0.2, -0.15) is 0 Å². The van der Waals surface area contributed by atoms with Gasteiger partial charge in [0.05, 0.1) is 5.54 Å². The molecule has 16 heavy (non-hydrogen) atoms. The minimum Gasteiger partial charge on any atom is -0.287 e. The lowest BCUT2D eigenvalue weighted by Crippen LogP contribution is -2.39. The first-order valence-corrected chi connectivity index (χ1v) is 5.62. The van der Waals surface area contributed by atoms with Crippen molar-refractivity contribution in [2.24, 2.45) is 0 Å². The van der Waals surface area contributed by atoms with Crippen molar-refractivity contribution in [1.82, 2.24) is 4.90 Å². The molecule has 86 valence electrons. The van der Waals surface area contributed by atoms with Crippen molar-refractivity contribution in [3.63, 3.8) is 0 Å². The fourth-order valence-corrected chi connectivity index (χ4v) is 1.64. The van der Waals surface area contributed by atoms with Crippen LogP contribution in [-0.2, 0) is 6.54 Å². The Bertz CT molecular complexity index is 390. The molecule has 0 aliphatic carbocycles. The van der Waals surface area contributed by atoms with Gasteiger partial charge >= 0.3 is 0 Å². The van der Waals surface area contributed by atoms with Gasteiger partial charge in [0.1, 0.15) is 0 Å². The zero-order valence-corrected chi connectivity index (χ0v) is 11.0. The highest BCUT2D eigenvalue weighted by molar-refractivity contribution is 5.33. The summed E-state index contributed by atoms with van der Waals surface area (Å²) >= 11 is 0. The van der Waals surface area contributed by atoms with Gasteiger partial charge in [-0.05, 0) is 51.4 Å². The largest absolute Gasteiger partial charge is 0.287 e. The van der Waals surface area contributed by atoms with Gasteiger partial charge < -0.3 is 0 Å². The van der Waals surface area contributed by atoms with Gasteiger partial charge in [0.2, 0.25) is 0 Å². The third kappa shape index (κ3) is 2.65. The number of hydrogen-bond donors (Lipinski definition) is 0. The summed E-state index contributed by atoms with van der Waals surface area (Å²) in [5.41, 5.74) is 3.85. The quantitative estimate of drug-likeness (QED) is 0.700. The second-order valence-corrected chi connectivity index (χ2v) is 4.93. The molecule has 0 unspecified atom stereocenters. The average Bonchev–Trinajstić information content (AvgIpc) is 2.23. The third-order valence-electron chi connectivity index (χ3n) is 3.35. The highest BCUT2D eigenvalue weighted by Crippen LogP contribution is 2.19. The second kappa shape index (κ2) is 4.72. The Kier molecular flexibility index (Phi) is 3.78. The number of rotatable bonds is 3. The molecule has 1 heteroatoms. The van der Waals surface area contributed by atoms with Gasteiger partial charge in [0.25, 0.3) is 0 Å². The maximum Gasteiger partial charge on any atom is 0.0766 e. The second-order valence-electron chi connectivity index (χ2n) is 4.93. The molecule has 0 atom stereocenters. The van der Waals surface area contributed by atoms with Crippen molar-refractivity contribution in [1.29, 1.82) is 0 Å². The predicted octanol–water partition coefficient (Wildman–Crippen LogP) is 3.15. The monoisotopic (exact) mass is 215 g/mol. The van der Waals surface area contributed by atoms with Crippen molar-refractivity contribution in [2.45, 2.75) is 39.8 Å². The maximum atomic E-state index is 5.55. The molecular formula is C15H21N. The molecular weight excluding hydrogens is 194 g/mol. The summed E-state index contributed by atoms with van der Waals surface area (Å²) in [4.78, 5) is 2.21. The van der Waals surface area contributed by atoms with Crippen molar-refractivity contribution < 1.29 is 0 Å². The Labute approximate surface area is 99.5 Å². The number of benzene rings is 1. The lowest BCUT2D eigenvalue weighted by atomic mass is 9.99. The topological polar surface area (TPSA) is 3.24 Å². The molecule has 0 bridgehead atoms. The molecule has 0 fully saturated rings. The summed E-state index contributed by atoms with van der Waals surface area (Å²) in [6.45, 7) is 9.34. The van der Waals surface area contributed by atoms with E-state index >= 15 is 0 Å². The van der Waals surface area contributed by atoms with Crippen molar-refractivity contribution in [3.8, 4) is 12.3 Å². The van der Waals surface area contributed by atoms with Crippen LogP contribution in [0.25, 0.3) is 0 Å². The Morgan fingerprint density at radius 3 is 2.19 bits per heavy atom. The number of terminal acetylenes is 1. The summed E-state index contributed by atoms with van der Waals surface area (Å²) in [7, 11) is 2.08.